The van der Waals surface area contributed by atoms with Crippen molar-refractivity contribution in [3.63, 3.8) is 0 Å². The van der Waals surface area contributed by atoms with Gasteiger partial charge in [0, 0.05) is 24.7 Å². The number of thiazole rings is 1. The summed E-state index contributed by atoms with van der Waals surface area (Å²) in [5, 5.41) is 3.88. The van der Waals surface area contributed by atoms with E-state index in [2.05, 4.69) is 15.0 Å². The van der Waals surface area contributed by atoms with Crippen molar-refractivity contribution >= 4 is 55.6 Å². The van der Waals surface area contributed by atoms with Gasteiger partial charge < -0.3 is 5.32 Å². The number of hydrogen-bond donors (Lipinski definition) is 2. The Morgan fingerprint density at radius 1 is 1.12 bits per heavy atom. The molecule has 0 aliphatic heterocycles. The number of sulfonamides is 1. The number of aromatic nitrogens is 1. The van der Waals surface area contributed by atoms with E-state index in [0.29, 0.717) is 34.9 Å². The number of nitrogens with zero attached hydrogens (tertiary/aromatic N) is 1. The van der Waals surface area contributed by atoms with E-state index >= 15 is 0 Å². The zero-order valence-corrected chi connectivity index (χ0v) is 16.3. The van der Waals surface area contributed by atoms with Crippen LogP contribution in [0.3, 0.4) is 0 Å². The summed E-state index contributed by atoms with van der Waals surface area (Å²) in [6.07, 6.45) is 0. The van der Waals surface area contributed by atoms with E-state index < -0.39 is 10.0 Å². The highest BCUT2D eigenvalue weighted by atomic mass is 35.5. The monoisotopic (exact) mass is 417 g/mol. The van der Waals surface area contributed by atoms with Gasteiger partial charge in [0.2, 0.25) is 10.0 Å². The summed E-state index contributed by atoms with van der Waals surface area (Å²) < 4.78 is 28.2. The fraction of sp³-hybridized carbons (Fsp3) is 0.188. The van der Waals surface area contributed by atoms with Gasteiger partial charge in [-0.2, -0.15) is 0 Å². The van der Waals surface area contributed by atoms with E-state index in [0.717, 1.165) is 5.56 Å². The second-order valence-corrected chi connectivity index (χ2v) is 8.19. The lowest BCUT2D eigenvalue weighted by molar-refractivity contribution is 0.577. The van der Waals surface area contributed by atoms with Crippen molar-refractivity contribution in [2.24, 2.45) is 0 Å². The molecule has 1 heterocycles. The summed E-state index contributed by atoms with van der Waals surface area (Å²) >= 11 is 7.25. The molecule has 0 saturated carbocycles. The Kier molecular flexibility index (Phi) is 7.18. The fourth-order valence-corrected chi connectivity index (χ4v) is 4.82. The van der Waals surface area contributed by atoms with Crippen molar-refractivity contribution in [1.82, 2.24) is 15.0 Å². The van der Waals surface area contributed by atoms with Crippen LogP contribution in [0.1, 0.15) is 5.56 Å². The average Bonchev–Trinajstić information content (AvgIpc) is 3.03. The first-order valence-electron chi connectivity index (χ1n) is 7.33. The summed E-state index contributed by atoms with van der Waals surface area (Å²) in [4.78, 5) is 4.42. The Hall–Kier alpha value is -1.22. The van der Waals surface area contributed by atoms with Gasteiger partial charge in [0.25, 0.3) is 0 Å². The van der Waals surface area contributed by atoms with Crippen LogP contribution in [-0.4, -0.2) is 26.5 Å². The third-order valence-electron chi connectivity index (χ3n) is 3.42. The van der Waals surface area contributed by atoms with Crippen molar-refractivity contribution in [2.75, 3.05) is 13.1 Å². The molecular weight excluding hydrogens is 401 g/mol. The van der Waals surface area contributed by atoms with Crippen LogP contribution < -0.4 is 10.0 Å². The molecule has 9 heteroatoms. The van der Waals surface area contributed by atoms with Gasteiger partial charge in [-0.05, 0) is 29.8 Å². The van der Waals surface area contributed by atoms with Gasteiger partial charge in [0.05, 0.1) is 15.7 Å². The van der Waals surface area contributed by atoms with Crippen LogP contribution in [0, 0.1) is 0 Å². The lowest BCUT2D eigenvalue weighted by Crippen LogP contribution is -2.31. The number of fused-ring (bicyclic) bond motifs is 1. The lowest BCUT2D eigenvalue weighted by Gasteiger charge is -2.09. The maximum absolute atomic E-state index is 12.4. The molecule has 25 heavy (non-hydrogen) atoms. The molecule has 5 nitrogen and oxygen atoms in total. The van der Waals surface area contributed by atoms with E-state index in [-0.39, 0.29) is 17.3 Å². The standard InChI is InChI=1S/C16H16ClN3O2S2.ClH/c17-13-4-1-3-12(9-13)10-18-7-8-20-24(21,22)15-6-2-5-14-16(15)23-11-19-14;/h1-6,9,11,18,20H,7-8,10H2;1H. The zero-order chi connectivity index (χ0) is 17.0. The molecule has 0 aliphatic carbocycles. The highest BCUT2D eigenvalue weighted by Gasteiger charge is 2.17. The van der Waals surface area contributed by atoms with Crippen molar-refractivity contribution in [3.05, 3.63) is 58.6 Å². The average molecular weight is 418 g/mol. The SMILES string of the molecule is Cl.O=S(=O)(NCCNCc1cccc(Cl)c1)c1cccc2ncsc12. The molecule has 0 fully saturated rings. The van der Waals surface area contributed by atoms with Crippen molar-refractivity contribution < 1.29 is 8.42 Å². The second-order valence-electron chi connectivity index (χ2n) is 5.16. The molecule has 0 saturated heterocycles. The molecule has 0 spiro atoms. The first-order chi connectivity index (χ1) is 11.6. The number of rotatable bonds is 7. The van der Waals surface area contributed by atoms with Crippen LogP contribution in [0.4, 0.5) is 0 Å². The Morgan fingerprint density at radius 3 is 2.72 bits per heavy atom. The number of hydrogen-bond acceptors (Lipinski definition) is 5. The molecule has 1 aromatic heterocycles. The molecule has 0 amide bonds. The van der Waals surface area contributed by atoms with Crippen LogP contribution in [0.25, 0.3) is 10.2 Å². The molecule has 0 unspecified atom stereocenters. The molecule has 2 N–H and O–H groups in total. The van der Waals surface area contributed by atoms with Gasteiger partial charge in [0.15, 0.2) is 0 Å². The van der Waals surface area contributed by atoms with Crippen LogP contribution in [0.2, 0.25) is 5.02 Å². The first kappa shape index (κ1) is 20.1. The molecule has 0 radical (unpaired) electrons. The third-order valence-corrected chi connectivity index (χ3v) is 6.17. The van der Waals surface area contributed by atoms with Gasteiger partial charge in [-0.15, -0.1) is 23.7 Å². The Bertz CT molecular complexity index is 945. The third kappa shape index (κ3) is 5.13. The zero-order valence-electron chi connectivity index (χ0n) is 13.1. The van der Waals surface area contributed by atoms with Crippen LogP contribution in [0.5, 0.6) is 0 Å². The Morgan fingerprint density at radius 2 is 1.92 bits per heavy atom. The summed E-state index contributed by atoms with van der Waals surface area (Å²) in [7, 11) is -3.55. The van der Waals surface area contributed by atoms with Gasteiger partial charge in [0.1, 0.15) is 4.90 Å². The smallest absolute Gasteiger partial charge is 0.242 e. The summed E-state index contributed by atoms with van der Waals surface area (Å²) in [5.41, 5.74) is 3.40. The first-order valence-corrected chi connectivity index (χ1v) is 10.1. The Balaban J connectivity index is 0.00000225. The van der Waals surface area contributed by atoms with E-state index in [1.165, 1.54) is 11.3 Å². The second kappa shape index (κ2) is 8.93. The molecule has 0 atom stereocenters. The van der Waals surface area contributed by atoms with E-state index in [4.69, 9.17) is 11.6 Å². The minimum absolute atomic E-state index is 0. The van der Waals surface area contributed by atoms with Gasteiger partial charge in [-0.25, -0.2) is 18.1 Å². The molecule has 3 rings (SSSR count). The maximum Gasteiger partial charge on any atom is 0.242 e. The Labute approximate surface area is 161 Å². The molecule has 0 aliphatic rings. The predicted octanol–water partition coefficient (Wildman–Crippen LogP) is 3.44. The number of halogens is 2. The van der Waals surface area contributed by atoms with Crippen LogP contribution >= 0.6 is 35.3 Å². The van der Waals surface area contributed by atoms with Gasteiger partial charge in [-0.1, -0.05) is 29.8 Å². The molecule has 3 aromatic rings. The van der Waals surface area contributed by atoms with Crippen molar-refractivity contribution in [3.8, 4) is 0 Å². The lowest BCUT2D eigenvalue weighted by atomic mass is 10.2. The molecule has 0 bridgehead atoms. The van der Waals surface area contributed by atoms with Gasteiger partial charge in [-0.3, -0.25) is 0 Å². The predicted molar refractivity (Wildman–Crippen MR) is 105 cm³/mol. The molecule has 134 valence electrons. The van der Waals surface area contributed by atoms with Crippen LogP contribution in [0.15, 0.2) is 52.9 Å². The highest BCUT2D eigenvalue weighted by molar-refractivity contribution is 7.90. The van der Waals surface area contributed by atoms with Crippen LogP contribution in [-0.2, 0) is 16.6 Å². The number of benzene rings is 2. The minimum Gasteiger partial charge on any atom is -0.311 e. The molecule has 2 aromatic carbocycles. The quantitative estimate of drug-likeness (QED) is 0.577. The largest absolute Gasteiger partial charge is 0.311 e. The van der Waals surface area contributed by atoms with Crippen molar-refractivity contribution in [1.29, 1.82) is 0 Å². The topological polar surface area (TPSA) is 71.1 Å². The normalized spacial score (nSPS) is 11.4. The van der Waals surface area contributed by atoms with E-state index in [1.54, 1.807) is 23.7 Å². The maximum atomic E-state index is 12.4. The highest BCUT2D eigenvalue weighted by Crippen LogP contribution is 2.25. The summed E-state index contributed by atoms with van der Waals surface area (Å²) in [6, 6.07) is 12.7. The van der Waals surface area contributed by atoms with Gasteiger partial charge >= 0.3 is 0 Å². The summed E-state index contributed by atoms with van der Waals surface area (Å²) in [5.74, 6) is 0. The van der Waals surface area contributed by atoms with E-state index in [9.17, 15) is 8.42 Å². The molecular formula is C16H17Cl2N3O2S2. The summed E-state index contributed by atoms with van der Waals surface area (Å²) in [6.45, 7) is 1.45. The van der Waals surface area contributed by atoms with Crippen molar-refractivity contribution in [2.45, 2.75) is 11.4 Å². The minimum atomic E-state index is -3.55. The number of nitrogens with one attached hydrogen (secondary N) is 2. The van der Waals surface area contributed by atoms with E-state index in [1.807, 2.05) is 24.3 Å². The fourth-order valence-electron chi connectivity index (χ4n) is 2.30.